The fourth-order valence-corrected chi connectivity index (χ4v) is 3.38. The summed E-state index contributed by atoms with van der Waals surface area (Å²) in [4.78, 5) is 33.6. The van der Waals surface area contributed by atoms with Gasteiger partial charge in [0.1, 0.15) is 5.69 Å². The molecule has 1 aliphatic rings. The van der Waals surface area contributed by atoms with E-state index >= 15 is 0 Å². The number of H-pyrrole nitrogens is 2. The Hall–Kier alpha value is -2.48. The first-order valence-corrected chi connectivity index (χ1v) is 8.40. The van der Waals surface area contributed by atoms with Gasteiger partial charge in [-0.25, -0.2) is 0 Å². The van der Waals surface area contributed by atoms with E-state index in [-0.39, 0.29) is 11.5 Å². The lowest BCUT2D eigenvalue weighted by molar-refractivity contribution is 0.0741. The number of piperazine rings is 1. The third-order valence-electron chi connectivity index (χ3n) is 4.20. The van der Waals surface area contributed by atoms with Gasteiger partial charge in [0.2, 0.25) is 5.56 Å². The van der Waals surface area contributed by atoms with Gasteiger partial charge in [0.05, 0.1) is 5.52 Å². The molecular weight excluding hydrogens is 376 g/mol. The zero-order valence-electron chi connectivity index (χ0n) is 12.7. The molecule has 0 spiro atoms. The molecule has 124 valence electrons. The maximum atomic E-state index is 12.6. The SMILES string of the molecule is O=C(c1cc2oc(Br)cc2[nH]1)N1CCN(c2cc[nH]c(=O)c2)CC1. The number of hydrogen-bond donors (Lipinski definition) is 2. The number of hydrogen-bond acceptors (Lipinski definition) is 4. The third kappa shape index (κ3) is 2.73. The molecule has 2 N–H and O–H groups in total. The van der Waals surface area contributed by atoms with Crippen molar-refractivity contribution in [2.24, 2.45) is 0 Å². The molecule has 0 aliphatic carbocycles. The van der Waals surface area contributed by atoms with E-state index < -0.39 is 0 Å². The maximum Gasteiger partial charge on any atom is 0.270 e. The van der Waals surface area contributed by atoms with Crippen molar-refractivity contribution >= 4 is 38.6 Å². The topological polar surface area (TPSA) is 85.3 Å². The number of nitrogens with zero attached hydrogens (tertiary/aromatic N) is 2. The highest BCUT2D eigenvalue weighted by molar-refractivity contribution is 9.10. The van der Waals surface area contributed by atoms with Crippen LogP contribution < -0.4 is 10.5 Å². The fraction of sp³-hybridized carbons (Fsp3) is 0.250. The first-order chi connectivity index (χ1) is 11.6. The molecule has 4 heterocycles. The Labute approximate surface area is 145 Å². The zero-order chi connectivity index (χ0) is 16.7. The predicted molar refractivity (Wildman–Crippen MR) is 93.4 cm³/mol. The number of fused-ring (bicyclic) bond motifs is 1. The molecule has 7 nitrogen and oxygen atoms in total. The van der Waals surface area contributed by atoms with Gasteiger partial charge in [-0.1, -0.05) is 0 Å². The smallest absolute Gasteiger partial charge is 0.270 e. The molecule has 0 saturated carbocycles. The number of aromatic nitrogens is 2. The van der Waals surface area contributed by atoms with Gasteiger partial charge >= 0.3 is 0 Å². The molecule has 1 saturated heterocycles. The van der Waals surface area contributed by atoms with Crippen LogP contribution in [0.5, 0.6) is 0 Å². The van der Waals surface area contributed by atoms with E-state index in [0.29, 0.717) is 42.1 Å². The van der Waals surface area contributed by atoms with Gasteiger partial charge in [-0.05, 0) is 22.0 Å². The number of rotatable bonds is 2. The van der Waals surface area contributed by atoms with Gasteiger partial charge in [-0.3, -0.25) is 9.59 Å². The van der Waals surface area contributed by atoms with Crippen LogP contribution in [-0.2, 0) is 0 Å². The summed E-state index contributed by atoms with van der Waals surface area (Å²) in [5, 5.41) is 0. The molecule has 0 radical (unpaired) electrons. The Morgan fingerprint density at radius 2 is 1.96 bits per heavy atom. The Kier molecular flexibility index (Phi) is 3.68. The minimum Gasteiger partial charge on any atom is -0.448 e. The molecule has 0 unspecified atom stereocenters. The third-order valence-corrected chi connectivity index (χ3v) is 4.59. The number of aromatic amines is 2. The van der Waals surface area contributed by atoms with Crippen molar-refractivity contribution < 1.29 is 9.21 Å². The molecule has 0 bridgehead atoms. The molecule has 1 aliphatic heterocycles. The predicted octanol–water partition coefficient (Wildman–Crippen LogP) is 2.17. The Morgan fingerprint density at radius 3 is 2.67 bits per heavy atom. The molecule has 1 amide bonds. The number of carbonyl (C=O) groups excluding carboxylic acids is 1. The Balaban J connectivity index is 1.45. The summed E-state index contributed by atoms with van der Waals surface area (Å²) >= 11 is 3.26. The van der Waals surface area contributed by atoms with Crippen LogP contribution in [0.1, 0.15) is 10.5 Å². The molecule has 24 heavy (non-hydrogen) atoms. The summed E-state index contributed by atoms with van der Waals surface area (Å²) < 4.78 is 6.08. The second-order valence-corrected chi connectivity index (χ2v) is 6.48. The van der Waals surface area contributed by atoms with E-state index in [1.807, 2.05) is 11.0 Å². The van der Waals surface area contributed by atoms with Crippen molar-refractivity contribution in [3.05, 3.63) is 51.2 Å². The van der Waals surface area contributed by atoms with Gasteiger partial charge in [0.25, 0.3) is 5.91 Å². The van der Waals surface area contributed by atoms with E-state index in [9.17, 15) is 9.59 Å². The van der Waals surface area contributed by atoms with Gasteiger partial charge in [-0.15, -0.1) is 0 Å². The van der Waals surface area contributed by atoms with Crippen LogP contribution in [0.15, 0.2) is 44.3 Å². The van der Waals surface area contributed by atoms with E-state index in [2.05, 4.69) is 30.8 Å². The molecule has 3 aromatic rings. The van der Waals surface area contributed by atoms with Crippen LogP contribution in [0.4, 0.5) is 5.69 Å². The fourth-order valence-electron chi connectivity index (χ4n) is 2.97. The average molecular weight is 391 g/mol. The number of carbonyl (C=O) groups is 1. The monoisotopic (exact) mass is 390 g/mol. The number of pyridine rings is 1. The summed E-state index contributed by atoms with van der Waals surface area (Å²) in [7, 11) is 0. The van der Waals surface area contributed by atoms with E-state index in [1.165, 1.54) is 0 Å². The first kappa shape index (κ1) is 15.1. The second-order valence-electron chi connectivity index (χ2n) is 5.70. The van der Waals surface area contributed by atoms with Crippen molar-refractivity contribution in [1.82, 2.24) is 14.9 Å². The summed E-state index contributed by atoms with van der Waals surface area (Å²) in [5.41, 5.74) is 2.75. The van der Waals surface area contributed by atoms with Crippen molar-refractivity contribution in [3.63, 3.8) is 0 Å². The Bertz CT molecular complexity index is 918. The summed E-state index contributed by atoms with van der Waals surface area (Å²) in [6, 6.07) is 6.98. The van der Waals surface area contributed by atoms with Gasteiger partial charge in [-0.2, -0.15) is 0 Å². The molecule has 8 heteroatoms. The zero-order valence-corrected chi connectivity index (χ0v) is 14.3. The highest BCUT2D eigenvalue weighted by Gasteiger charge is 2.24. The van der Waals surface area contributed by atoms with Crippen LogP contribution >= 0.6 is 15.9 Å². The van der Waals surface area contributed by atoms with Gasteiger partial charge < -0.3 is 24.2 Å². The molecule has 0 atom stereocenters. The summed E-state index contributed by atoms with van der Waals surface area (Å²) in [6.45, 7) is 2.60. The largest absolute Gasteiger partial charge is 0.448 e. The first-order valence-electron chi connectivity index (χ1n) is 7.61. The van der Waals surface area contributed by atoms with Crippen LogP contribution in [0.3, 0.4) is 0 Å². The second kappa shape index (κ2) is 5.86. The molecule has 1 fully saturated rings. The van der Waals surface area contributed by atoms with Crippen molar-refractivity contribution in [3.8, 4) is 0 Å². The molecule has 0 aromatic carbocycles. The number of nitrogens with one attached hydrogen (secondary N) is 2. The lowest BCUT2D eigenvalue weighted by atomic mass is 10.2. The Morgan fingerprint density at radius 1 is 1.17 bits per heavy atom. The standard InChI is InChI=1S/C16H15BrN4O3/c17-14-9-11-13(24-14)8-12(19-11)16(23)21-5-3-20(4-6-21)10-1-2-18-15(22)7-10/h1-2,7-9,19H,3-6H2,(H,18,22). The van der Waals surface area contributed by atoms with Crippen molar-refractivity contribution in [2.45, 2.75) is 0 Å². The van der Waals surface area contributed by atoms with Crippen molar-refractivity contribution in [2.75, 3.05) is 31.1 Å². The van der Waals surface area contributed by atoms with E-state index in [1.54, 1.807) is 24.4 Å². The number of anilines is 1. The van der Waals surface area contributed by atoms with Crippen LogP contribution in [-0.4, -0.2) is 47.0 Å². The van der Waals surface area contributed by atoms with Crippen molar-refractivity contribution in [1.29, 1.82) is 0 Å². The highest BCUT2D eigenvalue weighted by Crippen LogP contribution is 2.24. The maximum absolute atomic E-state index is 12.6. The lowest BCUT2D eigenvalue weighted by Gasteiger charge is -2.35. The number of amides is 1. The summed E-state index contributed by atoms with van der Waals surface area (Å²) in [5.74, 6) is -0.0388. The molecule has 4 rings (SSSR count). The van der Waals surface area contributed by atoms with Crippen LogP contribution in [0.25, 0.3) is 11.1 Å². The number of furan rings is 1. The molecular formula is C16H15BrN4O3. The quantitative estimate of drug-likeness (QED) is 0.701. The van der Waals surface area contributed by atoms with Gasteiger partial charge in [0.15, 0.2) is 10.3 Å². The van der Waals surface area contributed by atoms with E-state index in [0.717, 1.165) is 11.2 Å². The van der Waals surface area contributed by atoms with Crippen LogP contribution in [0.2, 0.25) is 0 Å². The molecule has 3 aromatic heterocycles. The normalized spacial score (nSPS) is 15.2. The van der Waals surface area contributed by atoms with E-state index in [4.69, 9.17) is 4.42 Å². The summed E-state index contributed by atoms with van der Waals surface area (Å²) in [6.07, 6.45) is 1.64. The van der Waals surface area contributed by atoms with Gasteiger partial charge in [0, 0.05) is 56.3 Å². The minimum atomic E-state index is -0.119. The minimum absolute atomic E-state index is 0.0388. The lowest BCUT2D eigenvalue weighted by Crippen LogP contribution is -2.49. The number of halogens is 1. The van der Waals surface area contributed by atoms with Crippen LogP contribution in [0, 0.1) is 0 Å². The average Bonchev–Trinajstić information content (AvgIpc) is 3.11. The highest BCUT2D eigenvalue weighted by atomic mass is 79.9.